The number of H-pyrrole nitrogens is 1. The lowest BCUT2D eigenvalue weighted by Gasteiger charge is -2.15. The Labute approximate surface area is 138 Å². The second-order valence-corrected chi connectivity index (χ2v) is 6.24. The highest BCUT2D eigenvalue weighted by Crippen LogP contribution is 2.07. The van der Waals surface area contributed by atoms with Gasteiger partial charge in [0.15, 0.2) is 0 Å². The molecule has 0 bridgehead atoms. The minimum atomic E-state index is -0.224. The zero-order valence-corrected chi connectivity index (χ0v) is 13.9. The Morgan fingerprint density at radius 3 is 2.96 bits per heavy atom. The van der Waals surface area contributed by atoms with Crippen molar-refractivity contribution in [3.8, 4) is 0 Å². The molecule has 1 unspecified atom stereocenters. The van der Waals surface area contributed by atoms with Crippen molar-refractivity contribution in [3.63, 3.8) is 0 Å². The maximum atomic E-state index is 12.0. The van der Waals surface area contributed by atoms with Crippen LogP contribution in [0.25, 0.3) is 10.9 Å². The first-order chi connectivity index (χ1) is 11.1. The lowest BCUT2D eigenvalue weighted by atomic mass is 10.2. The maximum Gasteiger partial charge on any atom is 0.258 e. The highest BCUT2D eigenvalue weighted by molar-refractivity contribution is 7.98. The summed E-state index contributed by atoms with van der Waals surface area (Å²) in [5.41, 5.74) is 0.430. The third kappa shape index (κ3) is 5.07. The molecule has 0 saturated heterocycles. The van der Waals surface area contributed by atoms with Gasteiger partial charge in [0.2, 0.25) is 5.91 Å². The predicted molar refractivity (Wildman–Crippen MR) is 92.7 cm³/mol. The number of fused-ring (bicyclic) bond motifs is 1. The van der Waals surface area contributed by atoms with Crippen molar-refractivity contribution in [2.45, 2.75) is 25.3 Å². The molecule has 0 spiro atoms. The van der Waals surface area contributed by atoms with Crippen molar-refractivity contribution >= 4 is 28.6 Å². The summed E-state index contributed by atoms with van der Waals surface area (Å²) in [6.45, 7) is -0.0721. The number of carbonyl (C=O) groups is 1. The molecule has 0 saturated carbocycles. The zero-order chi connectivity index (χ0) is 16.7. The number of nitrogens with zero attached hydrogens (tertiary/aromatic N) is 1. The van der Waals surface area contributed by atoms with Gasteiger partial charge in [0, 0.05) is 12.8 Å². The zero-order valence-electron chi connectivity index (χ0n) is 13.0. The van der Waals surface area contributed by atoms with Crippen LogP contribution in [0.4, 0.5) is 0 Å². The molecular weight excluding hydrogens is 314 g/mol. The van der Waals surface area contributed by atoms with E-state index in [1.165, 1.54) is 0 Å². The van der Waals surface area contributed by atoms with Crippen LogP contribution in [0.1, 0.15) is 18.7 Å². The van der Waals surface area contributed by atoms with E-state index in [0.29, 0.717) is 23.1 Å². The summed E-state index contributed by atoms with van der Waals surface area (Å²) >= 11 is 1.67. The molecule has 1 aromatic carbocycles. The van der Waals surface area contributed by atoms with Crippen LogP contribution in [0.3, 0.4) is 0 Å². The van der Waals surface area contributed by atoms with Gasteiger partial charge >= 0.3 is 0 Å². The number of para-hydroxylation sites is 1. The molecule has 1 heterocycles. The smallest absolute Gasteiger partial charge is 0.258 e. The second-order valence-electron chi connectivity index (χ2n) is 5.26. The van der Waals surface area contributed by atoms with Crippen LogP contribution in [0.5, 0.6) is 0 Å². The van der Waals surface area contributed by atoms with Crippen molar-refractivity contribution < 1.29 is 9.90 Å². The van der Waals surface area contributed by atoms with E-state index < -0.39 is 0 Å². The Bertz CT molecular complexity index is 717. The highest BCUT2D eigenvalue weighted by Gasteiger charge is 2.12. The first kappa shape index (κ1) is 17.5. The summed E-state index contributed by atoms with van der Waals surface area (Å²) in [5.74, 6) is 1.22. The number of thioether (sulfide) groups is 1. The number of aromatic amines is 1. The van der Waals surface area contributed by atoms with Crippen LogP contribution in [0, 0.1) is 0 Å². The summed E-state index contributed by atoms with van der Waals surface area (Å²) in [6, 6.07) is 6.88. The number of nitrogens with one attached hydrogen (secondary N) is 2. The van der Waals surface area contributed by atoms with Gasteiger partial charge in [-0.25, -0.2) is 4.98 Å². The fourth-order valence-electron chi connectivity index (χ4n) is 2.25. The molecule has 1 atom stereocenters. The number of hydrogen-bond donors (Lipinski definition) is 3. The number of benzene rings is 1. The van der Waals surface area contributed by atoms with Crippen molar-refractivity contribution in [2.75, 3.05) is 18.6 Å². The Morgan fingerprint density at radius 2 is 2.22 bits per heavy atom. The van der Waals surface area contributed by atoms with Gasteiger partial charge < -0.3 is 15.4 Å². The van der Waals surface area contributed by atoms with Gasteiger partial charge in [-0.2, -0.15) is 11.8 Å². The average Bonchev–Trinajstić information content (AvgIpc) is 2.57. The lowest BCUT2D eigenvalue weighted by Crippen LogP contribution is -2.38. The number of amides is 1. The molecule has 1 aromatic heterocycles. The quantitative estimate of drug-likeness (QED) is 0.671. The molecule has 0 fully saturated rings. The molecule has 2 rings (SSSR count). The van der Waals surface area contributed by atoms with Gasteiger partial charge in [0.1, 0.15) is 5.82 Å². The third-order valence-corrected chi connectivity index (χ3v) is 4.15. The number of aliphatic hydroxyl groups is 1. The molecule has 124 valence electrons. The Kier molecular flexibility index (Phi) is 6.61. The molecule has 3 N–H and O–H groups in total. The first-order valence-corrected chi connectivity index (χ1v) is 8.90. The molecule has 7 heteroatoms. The molecule has 0 radical (unpaired) electrons. The normalized spacial score (nSPS) is 12.3. The van der Waals surface area contributed by atoms with Gasteiger partial charge in [-0.15, -0.1) is 0 Å². The molecule has 0 aliphatic carbocycles. The van der Waals surface area contributed by atoms with E-state index in [-0.39, 0.29) is 30.5 Å². The summed E-state index contributed by atoms with van der Waals surface area (Å²) < 4.78 is 0. The summed E-state index contributed by atoms with van der Waals surface area (Å²) in [7, 11) is 0. The topological polar surface area (TPSA) is 95.1 Å². The van der Waals surface area contributed by atoms with Crippen LogP contribution in [-0.4, -0.2) is 45.6 Å². The molecule has 1 amide bonds. The van der Waals surface area contributed by atoms with E-state index in [0.717, 1.165) is 12.2 Å². The number of aryl methyl sites for hydroxylation is 1. The summed E-state index contributed by atoms with van der Waals surface area (Å²) in [4.78, 5) is 31.0. The van der Waals surface area contributed by atoms with Gasteiger partial charge in [-0.3, -0.25) is 9.59 Å². The van der Waals surface area contributed by atoms with Gasteiger partial charge in [-0.05, 0) is 30.6 Å². The van der Waals surface area contributed by atoms with Crippen molar-refractivity contribution in [2.24, 2.45) is 0 Å². The molecule has 2 aromatic rings. The Balaban J connectivity index is 1.95. The van der Waals surface area contributed by atoms with Gasteiger partial charge in [0.25, 0.3) is 5.56 Å². The van der Waals surface area contributed by atoms with Crippen molar-refractivity contribution in [1.82, 2.24) is 15.3 Å². The standard InChI is InChI=1S/C16H21N3O3S/c1-23-9-8-11(10-20)17-15(21)7-6-14-18-13-5-3-2-4-12(13)16(22)19-14/h2-5,11,20H,6-10H2,1H3,(H,17,21)(H,18,19,22). The summed E-state index contributed by atoms with van der Waals surface area (Å²) in [5, 5.41) is 12.6. The lowest BCUT2D eigenvalue weighted by molar-refractivity contribution is -0.122. The van der Waals surface area contributed by atoms with E-state index >= 15 is 0 Å². The Morgan fingerprint density at radius 1 is 1.43 bits per heavy atom. The SMILES string of the molecule is CSCCC(CO)NC(=O)CCc1nc2ccccc2c(=O)[nH]1. The van der Waals surface area contributed by atoms with E-state index in [1.807, 2.05) is 12.3 Å². The third-order valence-electron chi connectivity index (χ3n) is 3.51. The largest absolute Gasteiger partial charge is 0.394 e. The number of aliphatic hydroxyl groups excluding tert-OH is 1. The van der Waals surface area contributed by atoms with Crippen molar-refractivity contribution in [3.05, 3.63) is 40.4 Å². The minimum absolute atomic E-state index is 0.0721. The minimum Gasteiger partial charge on any atom is -0.394 e. The van der Waals surface area contributed by atoms with Crippen molar-refractivity contribution in [1.29, 1.82) is 0 Å². The van der Waals surface area contributed by atoms with E-state index in [9.17, 15) is 14.7 Å². The van der Waals surface area contributed by atoms with Crippen LogP contribution in [0.15, 0.2) is 29.1 Å². The van der Waals surface area contributed by atoms with Crippen LogP contribution >= 0.6 is 11.8 Å². The highest BCUT2D eigenvalue weighted by atomic mass is 32.2. The van der Waals surface area contributed by atoms with E-state index in [4.69, 9.17) is 0 Å². The van der Waals surface area contributed by atoms with Crippen LogP contribution in [0.2, 0.25) is 0 Å². The average molecular weight is 335 g/mol. The van der Waals surface area contributed by atoms with Crippen LogP contribution in [-0.2, 0) is 11.2 Å². The Hall–Kier alpha value is -1.86. The fourth-order valence-corrected chi connectivity index (χ4v) is 2.77. The number of aromatic nitrogens is 2. The number of carbonyl (C=O) groups excluding carboxylic acids is 1. The molecule has 0 aliphatic heterocycles. The number of rotatable bonds is 8. The maximum absolute atomic E-state index is 12.0. The fraction of sp³-hybridized carbons (Fsp3) is 0.438. The summed E-state index contributed by atoms with van der Waals surface area (Å²) in [6.07, 6.45) is 3.29. The van der Waals surface area contributed by atoms with Gasteiger partial charge in [0.05, 0.1) is 23.6 Å². The predicted octanol–water partition coefficient (Wildman–Crippen LogP) is 1.09. The molecular formula is C16H21N3O3S. The van der Waals surface area contributed by atoms with E-state index in [2.05, 4.69) is 15.3 Å². The first-order valence-electron chi connectivity index (χ1n) is 7.51. The monoisotopic (exact) mass is 335 g/mol. The second kappa shape index (κ2) is 8.69. The van der Waals surface area contributed by atoms with Crippen LogP contribution < -0.4 is 10.9 Å². The molecule has 6 nitrogen and oxygen atoms in total. The van der Waals surface area contributed by atoms with E-state index in [1.54, 1.807) is 30.0 Å². The van der Waals surface area contributed by atoms with Gasteiger partial charge in [-0.1, -0.05) is 12.1 Å². The molecule has 0 aliphatic rings. The number of hydrogen-bond acceptors (Lipinski definition) is 5. The molecule has 23 heavy (non-hydrogen) atoms.